The zero-order valence-electron chi connectivity index (χ0n) is 9.57. The maximum Gasteiger partial charge on any atom is 0.232 e. The second kappa shape index (κ2) is 4.00. The Hall–Kier alpha value is -1.61. The highest BCUT2D eigenvalue weighted by atomic mass is 32.1. The monoisotopic (exact) mass is 243 g/mol. The lowest BCUT2D eigenvalue weighted by Gasteiger charge is -2.07. The van der Waals surface area contributed by atoms with E-state index in [0.29, 0.717) is 0 Å². The summed E-state index contributed by atoms with van der Waals surface area (Å²) in [6.45, 7) is 2.10. The van der Waals surface area contributed by atoms with Crippen molar-refractivity contribution >= 4 is 22.9 Å². The molecule has 1 aliphatic heterocycles. The topological polar surface area (TPSA) is 29.1 Å². The molecule has 0 spiro atoms. The van der Waals surface area contributed by atoms with Crippen molar-refractivity contribution in [2.75, 3.05) is 5.32 Å². The Morgan fingerprint density at radius 3 is 2.88 bits per heavy atom. The molecule has 1 aromatic heterocycles. The highest BCUT2D eigenvalue weighted by molar-refractivity contribution is 7.10. The summed E-state index contributed by atoms with van der Waals surface area (Å²) < 4.78 is 0. The number of fused-ring (bicyclic) bond motifs is 1. The molecule has 3 rings (SSSR count). The Bertz CT molecular complexity index is 573. The predicted octanol–water partition coefficient (Wildman–Crippen LogP) is 3.33. The number of hydrogen-bond acceptors (Lipinski definition) is 2. The van der Waals surface area contributed by atoms with Crippen LogP contribution in [0.2, 0.25) is 0 Å². The molecule has 0 aliphatic carbocycles. The molecule has 1 aromatic carbocycles. The van der Waals surface area contributed by atoms with Crippen LogP contribution in [0.5, 0.6) is 0 Å². The SMILES string of the molecule is Cc1ccsc1C[C@H]1C(=O)Nc2ccccc21. The van der Waals surface area contributed by atoms with Gasteiger partial charge in [-0.05, 0) is 42.0 Å². The van der Waals surface area contributed by atoms with Gasteiger partial charge in [0.1, 0.15) is 0 Å². The van der Waals surface area contributed by atoms with Gasteiger partial charge in [-0.2, -0.15) is 0 Å². The van der Waals surface area contributed by atoms with Crippen LogP contribution in [0, 0.1) is 6.92 Å². The third-order valence-corrected chi connectivity index (χ3v) is 4.31. The van der Waals surface area contributed by atoms with E-state index in [1.54, 1.807) is 11.3 Å². The lowest BCUT2D eigenvalue weighted by molar-refractivity contribution is -0.117. The number of carbonyl (C=O) groups excluding carboxylic acids is 1. The van der Waals surface area contributed by atoms with E-state index in [-0.39, 0.29) is 11.8 Å². The maximum absolute atomic E-state index is 12.0. The summed E-state index contributed by atoms with van der Waals surface area (Å²) in [6, 6.07) is 10.1. The van der Waals surface area contributed by atoms with Crippen molar-refractivity contribution in [3.05, 3.63) is 51.7 Å². The van der Waals surface area contributed by atoms with Crippen LogP contribution < -0.4 is 5.32 Å². The molecule has 3 heteroatoms. The average Bonchev–Trinajstić information content (AvgIpc) is 2.85. The molecule has 0 radical (unpaired) electrons. The summed E-state index contributed by atoms with van der Waals surface area (Å²) in [4.78, 5) is 13.3. The van der Waals surface area contributed by atoms with Crippen molar-refractivity contribution in [1.82, 2.24) is 0 Å². The quantitative estimate of drug-likeness (QED) is 0.861. The lowest BCUT2D eigenvalue weighted by Crippen LogP contribution is -2.14. The fraction of sp³-hybridized carbons (Fsp3) is 0.214. The van der Waals surface area contributed by atoms with Gasteiger partial charge in [-0.1, -0.05) is 18.2 Å². The first kappa shape index (κ1) is 10.5. The first-order chi connectivity index (χ1) is 8.25. The molecular weight excluding hydrogens is 230 g/mol. The van der Waals surface area contributed by atoms with Crippen molar-refractivity contribution in [3.63, 3.8) is 0 Å². The average molecular weight is 243 g/mol. The largest absolute Gasteiger partial charge is 0.325 e. The molecule has 0 saturated carbocycles. The van der Waals surface area contributed by atoms with E-state index in [9.17, 15) is 4.79 Å². The van der Waals surface area contributed by atoms with E-state index >= 15 is 0 Å². The molecule has 0 fully saturated rings. The van der Waals surface area contributed by atoms with Crippen molar-refractivity contribution in [1.29, 1.82) is 0 Å². The van der Waals surface area contributed by atoms with Crippen LogP contribution in [-0.2, 0) is 11.2 Å². The number of rotatable bonds is 2. The molecule has 1 atom stereocenters. The maximum atomic E-state index is 12.0. The van der Waals surface area contributed by atoms with Gasteiger partial charge in [0, 0.05) is 10.6 Å². The summed E-state index contributed by atoms with van der Waals surface area (Å²) in [7, 11) is 0. The van der Waals surface area contributed by atoms with E-state index in [4.69, 9.17) is 0 Å². The fourth-order valence-electron chi connectivity index (χ4n) is 2.28. The summed E-state index contributed by atoms with van der Waals surface area (Å²) in [6.07, 6.45) is 0.812. The molecule has 0 saturated heterocycles. The minimum absolute atomic E-state index is 0.0245. The molecule has 17 heavy (non-hydrogen) atoms. The molecule has 2 aromatic rings. The number of thiophene rings is 1. The number of aryl methyl sites for hydroxylation is 1. The van der Waals surface area contributed by atoms with E-state index in [1.165, 1.54) is 10.4 Å². The van der Waals surface area contributed by atoms with Gasteiger partial charge in [0.25, 0.3) is 0 Å². The van der Waals surface area contributed by atoms with Crippen molar-refractivity contribution in [2.24, 2.45) is 0 Å². The summed E-state index contributed by atoms with van der Waals surface area (Å²) in [5.41, 5.74) is 3.38. The van der Waals surface area contributed by atoms with Crippen LogP contribution >= 0.6 is 11.3 Å². The van der Waals surface area contributed by atoms with Gasteiger partial charge in [-0.15, -0.1) is 11.3 Å². The first-order valence-electron chi connectivity index (χ1n) is 5.68. The molecule has 1 N–H and O–H groups in total. The van der Waals surface area contributed by atoms with Gasteiger partial charge in [0.15, 0.2) is 0 Å². The van der Waals surface area contributed by atoms with E-state index in [1.807, 2.05) is 24.3 Å². The lowest BCUT2D eigenvalue weighted by atomic mass is 9.95. The van der Waals surface area contributed by atoms with Crippen LogP contribution in [0.25, 0.3) is 0 Å². The Kier molecular flexibility index (Phi) is 2.48. The number of anilines is 1. The first-order valence-corrected chi connectivity index (χ1v) is 6.56. The number of nitrogens with one attached hydrogen (secondary N) is 1. The number of para-hydroxylation sites is 1. The normalized spacial score (nSPS) is 17.9. The Morgan fingerprint density at radius 1 is 1.29 bits per heavy atom. The van der Waals surface area contributed by atoms with Gasteiger partial charge in [-0.3, -0.25) is 4.79 Å². The summed E-state index contributed by atoms with van der Waals surface area (Å²) in [5.74, 6) is 0.0996. The Balaban J connectivity index is 1.94. The summed E-state index contributed by atoms with van der Waals surface area (Å²) >= 11 is 1.73. The third kappa shape index (κ3) is 1.76. The Labute approximate surface area is 104 Å². The standard InChI is InChI=1S/C14H13NOS/c1-9-6-7-17-13(9)8-11-10-4-2-3-5-12(10)15-14(11)16/h2-7,11H,8H2,1H3,(H,15,16)/t11-/m1/s1. The zero-order chi connectivity index (χ0) is 11.8. The molecule has 0 bridgehead atoms. The van der Waals surface area contributed by atoms with Gasteiger partial charge >= 0.3 is 0 Å². The van der Waals surface area contributed by atoms with Gasteiger partial charge in [-0.25, -0.2) is 0 Å². The van der Waals surface area contributed by atoms with Crippen LogP contribution in [0.4, 0.5) is 5.69 Å². The van der Waals surface area contributed by atoms with Crippen molar-refractivity contribution < 1.29 is 4.79 Å². The van der Waals surface area contributed by atoms with E-state index in [0.717, 1.165) is 17.7 Å². The molecule has 1 aliphatic rings. The second-order valence-corrected chi connectivity index (χ2v) is 5.36. The fourth-order valence-corrected chi connectivity index (χ4v) is 3.23. The van der Waals surface area contributed by atoms with E-state index in [2.05, 4.69) is 23.7 Å². The summed E-state index contributed by atoms with van der Waals surface area (Å²) in [5, 5.41) is 5.03. The molecule has 1 amide bonds. The van der Waals surface area contributed by atoms with Crippen LogP contribution in [-0.4, -0.2) is 5.91 Å². The smallest absolute Gasteiger partial charge is 0.232 e. The Morgan fingerprint density at radius 2 is 2.12 bits per heavy atom. The molecule has 2 heterocycles. The van der Waals surface area contributed by atoms with Gasteiger partial charge in [0.2, 0.25) is 5.91 Å². The van der Waals surface area contributed by atoms with E-state index < -0.39 is 0 Å². The number of amides is 1. The highest BCUT2D eigenvalue weighted by Gasteiger charge is 2.30. The van der Waals surface area contributed by atoms with Gasteiger partial charge in [0.05, 0.1) is 5.92 Å². The van der Waals surface area contributed by atoms with Gasteiger partial charge < -0.3 is 5.32 Å². The number of benzene rings is 1. The molecule has 0 unspecified atom stereocenters. The predicted molar refractivity (Wildman–Crippen MR) is 70.6 cm³/mol. The van der Waals surface area contributed by atoms with Crippen molar-refractivity contribution in [2.45, 2.75) is 19.3 Å². The molecule has 2 nitrogen and oxygen atoms in total. The molecular formula is C14H13NOS. The van der Waals surface area contributed by atoms with Crippen LogP contribution in [0.1, 0.15) is 21.9 Å². The van der Waals surface area contributed by atoms with Crippen LogP contribution in [0.3, 0.4) is 0 Å². The number of hydrogen-bond donors (Lipinski definition) is 1. The van der Waals surface area contributed by atoms with Crippen LogP contribution in [0.15, 0.2) is 35.7 Å². The minimum Gasteiger partial charge on any atom is -0.325 e. The minimum atomic E-state index is -0.0245. The van der Waals surface area contributed by atoms with Crippen molar-refractivity contribution in [3.8, 4) is 0 Å². The third-order valence-electron chi connectivity index (χ3n) is 3.27. The highest BCUT2D eigenvalue weighted by Crippen LogP contribution is 2.35. The molecule has 86 valence electrons. The number of carbonyl (C=O) groups is 1. The second-order valence-electron chi connectivity index (χ2n) is 4.36. The zero-order valence-corrected chi connectivity index (χ0v) is 10.4.